The van der Waals surface area contributed by atoms with Gasteiger partial charge in [0.15, 0.2) is 5.72 Å². The molecule has 0 spiro atoms. The first-order chi connectivity index (χ1) is 7.59. The molecule has 0 aromatic carbocycles. The van der Waals surface area contributed by atoms with Gasteiger partial charge in [-0.15, -0.1) is 0 Å². The summed E-state index contributed by atoms with van der Waals surface area (Å²) in [5.74, 6) is -0.444. The molecule has 0 bridgehead atoms. The smallest absolute Gasteiger partial charge is 0.328 e. The molecule has 2 rings (SSSR count). The van der Waals surface area contributed by atoms with Crippen LogP contribution in [0.15, 0.2) is 0 Å². The van der Waals surface area contributed by atoms with Crippen LogP contribution in [-0.4, -0.2) is 57.4 Å². The Morgan fingerprint density at radius 3 is 2.18 bits per heavy atom. The second kappa shape index (κ2) is 3.00. The number of likely N-dealkylation sites (N-methyl/N-ethyl adjacent to an activating group) is 1. The number of aliphatic hydroxyl groups is 2. The molecule has 1 saturated carbocycles. The van der Waals surface area contributed by atoms with Crippen molar-refractivity contribution in [2.75, 3.05) is 14.1 Å². The number of fused-ring (bicyclic) bond motifs is 1. The first kappa shape index (κ1) is 12.3. The lowest BCUT2D eigenvalue weighted by Crippen LogP contribution is -2.75. The van der Waals surface area contributed by atoms with Crippen LogP contribution in [0.2, 0.25) is 0 Å². The highest BCUT2D eigenvalue weighted by atomic mass is 16.4. The van der Waals surface area contributed by atoms with Crippen molar-refractivity contribution in [2.45, 2.75) is 38.0 Å². The number of amides is 3. The number of carbonyl (C=O) groups is 2. The van der Waals surface area contributed by atoms with E-state index < -0.39 is 28.7 Å². The van der Waals surface area contributed by atoms with Crippen molar-refractivity contribution in [2.24, 2.45) is 5.41 Å². The summed E-state index contributed by atoms with van der Waals surface area (Å²) in [6.07, 6.45) is 0.620. The first-order valence-corrected chi connectivity index (χ1v) is 5.60. The Morgan fingerprint density at radius 2 is 1.65 bits per heavy atom. The fourth-order valence-electron chi connectivity index (χ4n) is 3.24. The molecule has 2 fully saturated rings. The number of carbonyl (C=O) groups excluding carboxylic acids is 2. The zero-order valence-electron chi connectivity index (χ0n) is 10.5. The lowest BCUT2D eigenvalue weighted by molar-refractivity contribution is -0.243. The van der Waals surface area contributed by atoms with Crippen LogP contribution in [0.3, 0.4) is 0 Å². The maximum Gasteiger partial charge on any atom is 0.328 e. The van der Waals surface area contributed by atoms with E-state index in [1.54, 1.807) is 6.92 Å². The molecule has 2 N–H and O–H groups in total. The summed E-state index contributed by atoms with van der Waals surface area (Å²) < 4.78 is 0. The van der Waals surface area contributed by atoms with Gasteiger partial charge >= 0.3 is 6.03 Å². The molecular weight excluding hydrogens is 224 g/mol. The number of hydrogen-bond acceptors (Lipinski definition) is 4. The van der Waals surface area contributed by atoms with Crippen LogP contribution in [0, 0.1) is 5.41 Å². The molecule has 6 nitrogen and oxygen atoms in total. The Morgan fingerprint density at radius 1 is 1.12 bits per heavy atom. The summed E-state index contributed by atoms with van der Waals surface area (Å²) in [4.78, 5) is 26.1. The van der Waals surface area contributed by atoms with Crippen molar-refractivity contribution in [3.63, 3.8) is 0 Å². The van der Waals surface area contributed by atoms with Crippen LogP contribution < -0.4 is 0 Å². The lowest BCUT2D eigenvalue weighted by atomic mass is 9.74. The minimum Gasteiger partial charge on any atom is -0.385 e. The van der Waals surface area contributed by atoms with Gasteiger partial charge in [0.25, 0.3) is 0 Å². The molecule has 3 amide bonds. The fourth-order valence-corrected chi connectivity index (χ4v) is 3.24. The lowest BCUT2D eigenvalue weighted by Gasteiger charge is -2.54. The highest BCUT2D eigenvalue weighted by Gasteiger charge is 2.72. The second-order valence-electron chi connectivity index (χ2n) is 5.48. The molecule has 96 valence electrons. The summed E-state index contributed by atoms with van der Waals surface area (Å²) in [5.41, 5.74) is -4.49. The van der Waals surface area contributed by atoms with E-state index in [9.17, 15) is 19.8 Å². The highest BCUT2D eigenvalue weighted by Crippen LogP contribution is 2.56. The maximum absolute atomic E-state index is 12.2. The molecular formula is C11H18N2O4. The van der Waals surface area contributed by atoms with Gasteiger partial charge in [0, 0.05) is 14.1 Å². The zero-order valence-corrected chi connectivity index (χ0v) is 10.5. The minimum absolute atomic E-state index is 0.275. The summed E-state index contributed by atoms with van der Waals surface area (Å²) in [5, 5.41) is 21.0. The third kappa shape index (κ3) is 1.07. The van der Waals surface area contributed by atoms with Crippen molar-refractivity contribution in [3.8, 4) is 0 Å². The van der Waals surface area contributed by atoms with Crippen molar-refractivity contribution >= 4 is 11.9 Å². The van der Waals surface area contributed by atoms with Gasteiger partial charge in [-0.3, -0.25) is 14.6 Å². The molecule has 17 heavy (non-hydrogen) atoms. The minimum atomic E-state index is -1.85. The van der Waals surface area contributed by atoms with Crippen molar-refractivity contribution in [1.29, 1.82) is 0 Å². The number of urea groups is 1. The molecule has 0 radical (unpaired) electrons. The quantitative estimate of drug-likeness (QED) is 0.614. The normalized spacial score (nSPS) is 46.5. The Kier molecular flexibility index (Phi) is 2.17. The third-order valence-electron chi connectivity index (χ3n) is 4.47. The number of imide groups is 1. The van der Waals surface area contributed by atoms with Gasteiger partial charge in [0.05, 0.1) is 5.41 Å². The summed E-state index contributed by atoms with van der Waals surface area (Å²) in [7, 11) is 2.79. The van der Waals surface area contributed by atoms with Gasteiger partial charge in [-0.05, 0) is 26.7 Å². The van der Waals surface area contributed by atoms with E-state index in [0.29, 0.717) is 6.42 Å². The van der Waals surface area contributed by atoms with E-state index in [1.807, 2.05) is 0 Å². The Labute approximate surface area is 99.8 Å². The predicted octanol–water partition coefficient (Wildman–Crippen LogP) is -0.250. The maximum atomic E-state index is 12.2. The van der Waals surface area contributed by atoms with Gasteiger partial charge in [-0.2, -0.15) is 0 Å². The zero-order chi connectivity index (χ0) is 13.2. The van der Waals surface area contributed by atoms with Crippen LogP contribution in [0.1, 0.15) is 26.7 Å². The Bertz CT molecular complexity index is 408. The highest BCUT2D eigenvalue weighted by molar-refractivity contribution is 6.01. The Hall–Kier alpha value is -1.14. The van der Waals surface area contributed by atoms with Gasteiger partial charge in [0.1, 0.15) is 5.60 Å². The molecule has 1 aliphatic heterocycles. The van der Waals surface area contributed by atoms with Crippen LogP contribution >= 0.6 is 0 Å². The monoisotopic (exact) mass is 242 g/mol. The molecule has 1 aliphatic carbocycles. The van der Waals surface area contributed by atoms with Gasteiger partial charge in [-0.25, -0.2) is 4.79 Å². The fraction of sp³-hybridized carbons (Fsp3) is 0.818. The molecule has 6 heteroatoms. The summed E-state index contributed by atoms with van der Waals surface area (Å²) in [6.45, 7) is 3.05. The van der Waals surface area contributed by atoms with Crippen molar-refractivity contribution in [3.05, 3.63) is 0 Å². The van der Waals surface area contributed by atoms with Gasteiger partial charge < -0.3 is 10.2 Å². The largest absolute Gasteiger partial charge is 0.385 e. The molecule has 3 atom stereocenters. The van der Waals surface area contributed by atoms with E-state index in [0.717, 1.165) is 9.80 Å². The number of hydrogen-bond donors (Lipinski definition) is 2. The summed E-state index contributed by atoms with van der Waals surface area (Å²) in [6, 6.07) is -0.600. The SMILES string of the molecule is CN1C(=O)N(C)[C@]2(O)[C@](C)(O)CC[C@]2(C)C1=O. The molecule has 1 saturated heterocycles. The van der Waals surface area contributed by atoms with Crippen LogP contribution in [-0.2, 0) is 4.79 Å². The molecule has 0 unspecified atom stereocenters. The molecule has 2 aliphatic rings. The molecule has 1 heterocycles. The number of nitrogens with zero attached hydrogens (tertiary/aromatic N) is 2. The van der Waals surface area contributed by atoms with E-state index in [2.05, 4.69) is 0 Å². The van der Waals surface area contributed by atoms with E-state index in [-0.39, 0.29) is 6.42 Å². The number of rotatable bonds is 0. The van der Waals surface area contributed by atoms with Crippen LogP contribution in [0.4, 0.5) is 4.79 Å². The van der Waals surface area contributed by atoms with Crippen molar-refractivity contribution in [1.82, 2.24) is 9.80 Å². The summed E-state index contributed by atoms with van der Waals surface area (Å²) >= 11 is 0. The van der Waals surface area contributed by atoms with Crippen LogP contribution in [0.5, 0.6) is 0 Å². The van der Waals surface area contributed by atoms with E-state index in [1.165, 1.54) is 21.0 Å². The van der Waals surface area contributed by atoms with E-state index in [4.69, 9.17) is 0 Å². The predicted molar refractivity (Wildman–Crippen MR) is 58.8 cm³/mol. The average molecular weight is 242 g/mol. The van der Waals surface area contributed by atoms with Crippen molar-refractivity contribution < 1.29 is 19.8 Å². The molecule has 0 aromatic rings. The average Bonchev–Trinajstić information content (AvgIpc) is 2.47. The van der Waals surface area contributed by atoms with Gasteiger partial charge in [-0.1, -0.05) is 0 Å². The standard InChI is InChI=1S/C11H18N2O4/c1-9-5-6-10(2,16)11(9,17)13(4)8(15)12(3)7(9)14/h16-17H,5-6H2,1-4H3/t9-,10-,11-/m1/s1. The van der Waals surface area contributed by atoms with Gasteiger partial charge in [0.2, 0.25) is 5.91 Å². The molecule has 0 aromatic heterocycles. The third-order valence-corrected chi connectivity index (χ3v) is 4.47. The first-order valence-electron chi connectivity index (χ1n) is 5.60. The Balaban J connectivity index is 2.64. The van der Waals surface area contributed by atoms with Crippen LogP contribution in [0.25, 0.3) is 0 Å². The van der Waals surface area contributed by atoms with E-state index >= 15 is 0 Å². The topological polar surface area (TPSA) is 81.1 Å². The second-order valence-corrected chi connectivity index (χ2v) is 5.48.